The lowest BCUT2D eigenvalue weighted by Crippen LogP contribution is -2.28. The van der Waals surface area contributed by atoms with E-state index in [-0.39, 0.29) is 17.2 Å². The Kier molecular flexibility index (Phi) is 6.83. The first-order valence-corrected chi connectivity index (χ1v) is 10.0. The monoisotopic (exact) mass is 392 g/mol. The largest absolute Gasteiger partial charge is 0.352 e. The van der Waals surface area contributed by atoms with E-state index in [0.29, 0.717) is 23.0 Å². The Labute approximate surface area is 159 Å². The Balaban J connectivity index is 2.16. The van der Waals surface area contributed by atoms with Gasteiger partial charge in [-0.25, -0.2) is 8.42 Å². The molecule has 0 aliphatic carbocycles. The number of halogens is 1. The first kappa shape index (κ1) is 20.0. The van der Waals surface area contributed by atoms with Gasteiger partial charge >= 0.3 is 0 Å². The van der Waals surface area contributed by atoms with Crippen molar-refractivity contribution >= 4 is 39.3 Å². The molecule has 0 aliphatic heterocycles. The van der Waals surface area contributed by atoms with Gasteiger partial charge in [-0.1, -0.05) is 49.7 Å². The van der Waals surface area contributed by atoms with E-state index >= 15 is 0 Å². The second-order valence-corrected chi connectivity index (χ2v) is 8.15. The molecule has 0 atom stereocenters. The number of hydrogen-bond donors (Lipinski definition) is 2. The van der Waals surface area contributed by atoms with Crippen LogP contribution in [0, 0.1) is 5.92 Å². The van der Waals surface area contributed by atoms with E-state index in [0.717, 1.165) is 5.41 Å². The van der Waals surface area contributed by atoms with Crippen LogP contribution in [0.5, 0.6) is 0 Å². The quantitative estimate of drug-likeness (QED) is 0.743. The molecule has 2 N–H and O–H groups in total. The molecule has 0 aromatic heterocycles. The molecule has 0 saturated heterocycles. The van der Waals surface area contributed by atoms with Gasteiger partial charge in [-0.3, -0.25) is 9.52 Å². The number of rotatable bonds is 7. The molecule has 0 aliphatic rings. The Morgan fingerprint density at radius 2 is 1.77 bits per heavy atom. The predicted molar refractivity (Wildman–Crippen MR) is 107 cm³/mol. The molecule has 2 aromatic carbocycles. The molecule has 0 unspecified atom stereocenters. The van der Waals surface area contributed by atoms with Crippen LogP contribution in [0.1, 0.15) is 29.8 Å². The van der Waals surface area contributed by atoms with Gasteiger partial charge in [0.2, 0.25) is 0 Å². The topological polar surface area (TPSA) is 75.3 Å². The molecule has 2 aromatic rings. The molecule has 0 heterocycles. The summed E-state index contributed by atoms with van der Waals surface area (Å²) in [5.41, 5.74) is 1.20. The minimum Gasteiger partial charge on any atom is -0.352 e. The Morgan fingerprint density at radius 3 is 2.42 bits per heavy atom. The summed E-state index contributed by atoms with van der Waals surface area (Å²) in [5.74, 6) is -0.0243. The van der Waals surface area contributed by atoms with E-state index < -0.39 is 10.0 Å². The molecular formula is C19H21ClN2O3S. The van der Waals surface area contributed by atoms with Crippen LogP contribution in [-0.2, 0) is 10.0 Å². The van der Waals surface area contributed by atoms with Crippen molar-refractivity contribution in [3.63, 3.8) is 0 Å². The highest BCUT2D eigenvalue weighted by Crippen LogP contribution is 2.18. The molecule has 7 heteroatoms. The second kappa shape index (κ2) is 8.87. The number of carbonyl (C=O) groups is 1. The van der Waals surface area contributed by atoms with Crippen molar-refractivity contribution in [3.05, 3.63) is 70.1 Å². The third kappa shape index (κ3) is 6.20. The summed E-state index contributed by atoms with van der Waals surface area (Å²) >= 11 is 5.81. The lowest BCUT2D eigenvalue weighted by molar-refractivity contribution is 0.0950. The maximum Gasteiger partial charge on any atom is 0.255 e. The van der Waals surface area contributed by atoms with Gasteiger partial charge in [0.05, 0.1) is 16.7 Å². The SMILES string of the molecule is CC(C)CNC(=O)c1ccccc1NS(=O)(=O)/C=C/c1ccc(Cl)cc1. The fourth-order valence-corrected chi connectivity index (χ4v) is 3.11. The van der Waals surface area contributed by atoms with E-state index in [1.54, 1.807) is 48.5 Å². The summed E-state index contributed by atoms with van der Waals surface area (Å²) in [4.78, 5) is 12.3. The van der Waals surface area contributed by atoms with Crippen molar-refractivity contribution in [1.82, 2.24) is 5.32 Å². The average Bonchev–Trinajstić information content (AvgIpc) is 2.59. The first-order chi connectivity index (χ1) is 12.3. The third-order valence-corrected chi connectivity index (χ3v) is 4.66. The standard InChI is InChI=1S/C19H21ClN2O3S/c1-14(2)13-21-19(23)17-5-3-4-6-18(17)22-26(24,25)12-11-15-7-9-16(20)10-8-15/h3-12,14,22H,13H2,1-2H3,(H,21,23)/b12-11+. The van der Waals surface area contributed by atoms with E-state index in [2.05, 4.69) is 10.0 Å². The van der Waals surface area contributed by atoms with Crippen LogP contribution in [-0.4, -0.2) is 20.9 Å². The number of nitrogens with one attached hydrogen (secondary N) is 2. The van der Waals surface area contributed by atoms with Gasteiger partial charge in [0.1, 0.15) is 0 Å². The highest BCUT2D eigenvalue weighted by Gasteiger charge is 2.14. The molecule has 0 saturated carbocycles. The average molecular weight is 393 g/mol. The van der Waals surface area contributed by atoms with Crippen molar-refractivity contribution in [2.75, 3.05) is 11.3 Å². The summed E-state index contributed by atoms with van der Waals surface area (Å²) in [7, 11) is -3.77. The Morgan fingerprint density at radius 1 is 1.12 bits per heavy atom. The Hall–Kier alpha value is -2.31. The Bertz CT molecular complexity index is 891. The van der Waals surface area contributed by atoms with Crippen molar-refractivity contribution in [3.8, 4) is 0 Å². The molecule has 0 fully saturated rings. The number of benzene rings is 2. The van der Waals surface area contributed by atoms with Gasteiger partial charge in [-0.2, -0.15) is 0 Å². The third-order valence-electron chi connectivity index (χ3n) is 3.40. The fourth-order valence-electron chi connectivity index (χ4n) is 2.09. The molecule has 138 valence electrons. The number of amides is 1. The van der Waals surface area contributed by atoms with Gasteiger partial charge in [0, 0.05) is 11.6 Å². The van der Waals surface area contributed by atoms with E-state index in [1.807, 2.05) is 13.8 Å². The molecule has 26 heavy (non-hydrogen) atoms. The maximum absolute atomic E-state index is 12.3. The van der Waals surface area contributed by atoms with Crippen molar-refractivity contribution in [2.24, 2.45) is 5.92 Å². The highest BCUT2D eigenvalue weighted by molar-refractivity contribution is 7.95. The second-order valence-electron chi connectivity index (χ2n) is 6.15. The van der Waals surface area contributed by atoms with Crippen LogP contribution >= 0.6 is 11.6 Å². The number of hydrogen-bond acceptors (Lipinski definition) is 3. The molecule has 2 rings (SSSR count). The smallest absolute Gasteiger partial charge is 0.255 e. The van der Waals surface area contributed by atoms with Crippen molar-refractivity contribution in [1.29, 1.82) is 0 Å². The molecule has 0 radical (unpaired) electrons. The minimum absolute atomic E-state index is 0.231. The zero-order valence-corrected chi connectivity index (χ0v) is 16.1. The summed E-state index contributed by atoms with van der Waals surface area (Å²) in [5, 5.41) is 4.41. The first-order valence-electron chi connectivity index (χ1n) is 8.10. The van der Waals surface area contributed by atoms with Crippen LogP contribution in [0.4, 0.5) is 5.69 Å². The fraction of sp³-hybridized carbons (Fsp3) is 0.211. The van der Waals surface area contributed by atoms with Gasteiger partial charge in [-0.15, -0.1) is 0 Å². The lowest BCUT2D eigenvalue weighted by Gasteiger charge is -2.12. The summed E-state index contributed by atoms with van der Waals surface area (Å²) < 4.78 is 27.1. The minimum atomic E-state index is -3.77. The summed E-state index contributed by atoms with van der Waals surface area (Å²) in [6, 6.07) is 13.3. The van der Waals surface area contributed by atoms with E-state index in [1.165, 1.54) is 6.08 Å². The van der Waals surface area contributed by atoms with Gasteiger partial charge < -0.3 is 5.32 Å². The zero-order valence-electron chi connectivity index (χ0n) is 14.6. The molecule has 1 amide bonds. The van der Waals surface area contributed by atoms with Gasteiger partial charge in [0.25, 0.3) is 15.9 Å². The van der Waals surface area contributed by atoms with Crippen molar-refractivity contribution in [2.45, 2.75) is 13.8 Å². The number of sulfonamides is 1. The van der Waals surface area contributed by atoms with E-state index in [9.17, 15) is 13.2 Å². The van der Waals surface area contributed by atoms with Crippen LogP contribution in [0.3, 0.4) is 0 Å². The number of para-hydroxylation sites is 1. The van der Waals surface area contributed by atoms with Crippen LogP contribution in [0.2, 0.25) is 5.02 Å². The van der Waals surface area contributed by atoms with Gasteiger partial charge in [-0.05, 0) is 41.8 Å². The zero-order chi connectivity index (χ0) is 19.2. The van der Waals surface area contributed by atoms with Crippen LogP contribution < -0.4 is 10.0 Å². The van der Waals surface area contributed by atoms with E-state index in [4.69, 9.17) is 11.6 Å². The molecule has 0 bridgehead atoms. The number of carbonyl (C=O) groups excluding carboxylic acids is 1. The highest BCUT2D eigenvalue weighted by atomic mass is 35.5. The lowest BCUT2D eigenvalue weighted by atomic mass is 10.1. The number of anilines is 1. The normalized spacial score (nSPS) is 11.7. The molecule has 5 nitrogen and oxygen atoms in total. The summed E-state index contributed by atoms with van der Waals surface area (Å²) in [6.45, 7) is 4.48. The van der Waals surface area contributed by atoms with Crippen LogP contribution in [0.15, 0.2) is 53.9 Å². The molecular weight excluding hydrogens is 372 g/mol. The maximum atomic E-state index is 12.3. The molecule has 0 spiro atoms. The predicted octanol–water partition coefficient (Wildman–Crippen LogP) is 4.14. The summed E-state index contributed by atoms with van der Waals surface area (Å²) in [6.07, 6.45) is 1.46. The van der Waals surface area contributed by atoms with Crippen molar-refractivity contribution < 1.29 is 13.2 Å². The van der Waals surface area contributed by atoms with Gasteiger partial charge in [0.15, 0.2) is 0 Å². The van der Waals surface area contributed by atoms with Crippen LogP contribution in [0.25, 0.3) is 6.08 Å².